The van der Waals surface area contributed by atoms with Gasteiger partial charge in [0.15, 0.2) is 11.5 Å². The Morgan fingerprint density at radius 1 is 1.36 bits per heavy atom. The summed E-state index contributed by atoms with van der Waals surface area (Å²) in [7, 11) is 1.56. The van der Waals surface area contributed by atoms with Crippen molar-refractivity contribution in [2.45, 2.75) is 66.5 Å². The summed E-state index contributed by atoms with van der Waals surface area (Å²) in [6, 6.07) is 0. The minimum atomic E-state index is -0.889. The molecule has 3 rings (SSSR count). The lowest BCUT2D eigenvalue weighted by molar-refractivity contribution is -0.130. The molecule has 8 atom stereocenters. The molecule has 3 aliphatic rings. The molecule has 8 unspecified atom stereocenters. The number of carbonyl (C=O) groups is 2. The number of rotatable bonds is 5. The maximum Gasteiger partial charge on any atom is 0.257 e. The number of ether oxygens (including phenoxy) is 1. The van der Waals surface area contributed by atoms with Crippen LogP contribution in [0.2, 0.25) is 0 Å². The van der Waals surface area contributed by atoms with E-state index in [4.69, 9.17) is 4.74 Å². The minimum absolute atomic E-state index is 0.0208. The Hall–Kier alpha value is -1.42. The molecule has 1 fully saturated rings. The van der Waals surface area contributed by atoms with Crippen LogP contribution in [0.5, 0.6) is 0 Å². The van der Waals surface area contributed by atoms with Gasteiger partial charge < -0.3 is 10.1 Å². The number of methoxy groups -OCH3 is 1. The number of ketones is 1. The molecule has 1 N–H and O–H groups in total. The van der Waals surface area contributed by atoms with Gasteiger partial charge in [0.2, 0.25) is 0 Å². The van der Waals surface area contributed by atoms with E-state index in [2.05, 4.69) is 46.0 Å². The molecule has 1 saturated carbocycles. The molecule has 1 aliphatic heterocycles. The number of nitrogens with one attached hydrogen (secondary N) is 1. The molecular weight excluding hydrogens is 350 g/mol. The molecule has 1 amide bonds. The largest absolute Gasteiger partial charge is 0.356 e. The van der Waals surface area contributed by atoms with Crippen molar-refractivity contribution in [1.82, 2.24) is 5.32 Å². The summed E-state index contributed by atoms with van der Waals surface area (Å²) in [5.41, 5.74) is 0.741. The summed E-state index contributed by atoms with van der Waals surface area (Å²) >= 11 is 0. The van der Waals surface area contributed by atoms with Crippen molar-refractivity contribution in [2.24, 2.45) is 41.4 Å². The van der Waals surface area contributed by atoms with E-state index in [0.717, 1.165) is 19.3 Å². The van der Waals surface area contributed by atoms with Crippen LogP contribution in [0.3, 0.4) is 0 Å². The molecule has 4 heteroatoms. The molecule has 156 valence electrons. The van der Waals surface area contributed by atoms with E-state index < -0.39 is 5.72 Å². The summed E-state index contributed by atoms with van der Waals surface area (Å²) in [4.78, 5) is 26.5. The second-order valence-electron chi connectivity index (χ2n) is 9.83. The van der Waals surface area contributed by atoms with Crippen molar-refractivity contribution in [1.29, 1.82) is 0 Å². The van der Waals surface area contributed by atoms with Gasteiger partial charge in [0.25, 0.3) is 5.91 Å². The molecule has 0 radical (unpaired) electrons. The van der Waals surface area contributed by atoms with Crippen molar-refractivity contribution in [3.05, 3.63) is 23.3 Å². The lowest BCUT2D eigenvalue weighted by Crippen LogP contribution is -2.47. The fourth-order valence-corrected chi connectivity index (χ4v) is 6.24. The van der Waals surface area contributed by atoms with Crippen LogP contribution >= 0.6 is 0 Å². The van der Waals surface area contributed by atoms with Crippen LogP contribution in [0.25, 0.3) is 0 Å². The molecule has 4 nitrogen and oxygen atoms in total. The highest BCUT2D eigenvalue weighted by Crippen LogP contribution is 2.52. The van der Waals surface area contributed by atoms with Crippen molar-refractivity contribution in [3.8, 4) is 0 Å². The van der Waals surface area contributed by atoms with Gasteiger partial charge in [0, 0.05) is 13.0 Å². The zero-order valence-corrected chi connectivity index (χ0v) is 18.5. The van der Waals surface area contributed by atoms with Crippen LogP contribution in [0.1, 0.15) is 60.8 Å². The van der Waals surface area contributed by atoms with E-state index in [-0.39, 0.29) is 23.5 Å². The molecule has 0 aromatic carbocycles. The monoisotopic (exact) mass is 387 g/mol. The third-order valence-electron chi connectivity index (χ3n) is 7.68. The fraction of sp³-hybridized carbons (Fsp3) is 0.750. The third kappa shape index (κ3) is 3.60. The number of fused-ring (bicyclic) bond motifs is 1. The molecule has 1 heterocycles. The van der Waals surface area contributed by atoms with Crippen LogP contribution in [0.15, 0.2) is 23.3 Å². The topological polar surface area (TPSA) is 55.4 Å². The first-order chi connectivity index (χ1) is 13.1. The van der Waals surface area contributed by atoms with Crippen LogP contribution in [0, 0.1) is 41.4 Å². The maximum atomic E-state index is 13.9. The number of carbonyl (C=O) groups excluding carboxylic acids is 2. The predicted octanol–water partition coefficient (Wildman–Crippen LogP) is 4.51. The van der Waals surface area contributed by atoms with Gasteiger partial charge in [-0.2, -0.15) is 0 Å². The first-order valence-electron chi connectivity index (χ1n) is 10.9. The Kier molecular flexibility index (Phi) is 5.91. The summed E-state index contributed by atoms with van der Waals surface area (Å²) in [6.07, 6.45) is 7.49. The van der Waals surface area contributed by atoms with Gasteiger partial charge in [0.1, 0.15) is 0 Å². The highest BCUT2D eigenvalue weighted by molar-refractivity contribution is 6.22. The smallest absolute Gasteiger partial charge is 0.257 e. The summed E-state index contributed by atoms with van der Waals surface area (Å²) < 4.78 is 5.42. The standard InChI is InChI=1S/C24H37NO3/c1-8-14(3)19-16(5)11-17-10-13(2)9-15(4)20(17)21(19)22(26)18-12-24(6,28-7)25-23(18)27/h11-15,17,19-21H,8-10H2,1-7H3,(H,25,27). The Morgan fingerprint density at radius 2 is 2.04 bits per heavy atom. The molecule has 0 aromatic rings. The molecule has 0 spiro atoms. The zero-order valence-electron chi connectivity index (χ0n) is 18.5. The second kappa shape index (κ2) is 7.78. The lowest BCUT2D eigenvalue weighted by atomic mass is 9.54. The predicted molar refractivity (Wildman–Crippen MR) is 111 cm³/mol. The van der Waals surface area contributed by atoms with E-state index in [1.54, 1.807) is 20.1 Å². The quantitative estimate of drug-likeness (QED) is 0.558. The highest BCUT2D eigenvalue weighted by atomic mass is 16.5. The highest BCUT2D eigenvalue weighted by Gasteiger charge is 2.51. The molecule has 0 aromatic heterocycles. The van der Waals surface area contributed by atoms with E-state index in [1.807, 2.05) is 0 Å². The van der Waals surface area contributed by atoms with Gasteiger partial charge in [0.05, 0.1) is 5.57 Å². The zero-order chi connectivity index (χ0) is 20.8. The van der Waals surface area contributed by atoms with Gasteiger partial charge in [-0.1, -0.05) is 45.8 Å². The van der Waals surface area contributed by atoms with Gasteiger partial charge in [-0.15, -0.1) is 0 Å². The minimum Gasteiger partial charge on any atom is -0.356 e. The number of hydrogen-bond acceptors (Lipinski definition) is 3. The van der Waals surface area contributed by atoms with Gasteiger partial charge >= 0.3 is 0 Å². The number of Topliss-reactive ketones (excluding diaryl/α,β-unsaturated/α-hetero) is 1. The van der Waals surface area contributed by atoms with E-state index in [0.29, 0.717) is 35.2 Å². The second-order valence-corrected chi connectivity index (χ2v) is 9.83. The first-order valence-corrected chi connectivity index (χ1v) is 10.9. The number of amides is 1. The summed E-state index contributed by atoms with van der Waals surface area (Å²) in [5.74, 6) is 2.14. The Morgan fingerprint density at radius 3 is 2.61 bits per heavy atom. The van der Waals surface area contributed by atoms with Crippen LogP contribution in [-0.2, 0) is 14.3 Å². The van der Waals surface area contributed by atoms with Crippen LogP contribution < -0.4 is 5.32 Å². The molecule has 0 saturated heterocycles. The molecular formula is C24H37NO3. The van der Waals surface area contributed by atoms with Crippen LogP contribution in [0.4, 0.5) is 0 Å². The number of allylic oxidation sites excluding steroid dienone is 2. The molecule has 0 bridgehead atoms. The number of hydrogen-bond donors (Lipinski definition) is 1. The average molecular weight is 388 g/mol. The van der Waals surface area contributed by atoms with Crippen molar-refractivity contribution in [2.75, 3.05) is 7.11 Å². The summed E-state index contributed by atoms with van der Waals surface area (Å²) in [5, 5.41) is 2.82. The van der Waals surface area contributed by atoms with Crippen LogP contribution in [-0.4, -0.2) is 24.5 Å². The SMILES string of the molecule is CCC(C)C1C(C)=CC2CC(C)CC(C)C2C1C(=O)C1=CC(C)(OC)NC1=O. The van der Waals surface area contributed by atoms with E-state index in [9.17, 15) is 9.59 Å². The van der Waals surface area contributed by atoms with Crippen molar-refractivity contribution >= 4 is 11.7 Å². The Balaban J connectivity index is 2.05. The molecule has 28 heavy (non-hydrogen) atoms. The van der Waals surface area contributed by atoms with Gasteiger partial charge in [-0.05, 0) is 68.3 Å². The normalized spacial score (nSPS) is 41.6. The van der Waals surface area contributed by atoms with E-state index in [1.165, 1.54) is 5.57 Å². The van der Waals surface area contributed by atoms with E-state index >= 15 is 0 Å². The molecule has 2 aliphatic carbocycles. The van der Waals surface area contributed by atoms with Gasteiger partial charge in [-0.3, -0.25) is 9.59 Å². The fourth-order valence-electron chi connectivity index (χ4n) is 6.24. The Bertz CT molecular complexity index is 709. The van der Waals surface area contributed by atoms with Crippen molar-refractivity contribution in [3.63, 3.8) is 0 Å². The third-order valence-corrected chi connectivity index (χ3v) is 7.68. The first kappa shape index (κ1) is 21.3. The average Bonchev–Trinajstić information content (AvgIpc) is 2.94. The Labute approximate surface area is 170 Å². The lowest BCUT2D eigenvalue weighted by Gasteiger charge is -2.49. The van der Waals surface area contributed by atoms with Crippen molar-refractivity contribution < 1.29 is 14.3 Å². The van der Waals surface area contributed by atoms with Gasteiger partial charge in [-0.25, -0.2) is 0 Å². The maximum absolute atomic E-state index is 13.9. The summed E-state index contributed by atoms with van der Waals surface area (Å²) in [6.45, 7) is 13.1.